The zero-order chi connectivity index (χ0) is 31.5. The van der Waals surface area contributed by atoms with E-state index in [0.717, 1.165) is 28.0 Å². The van der Waals surface area contributed by atoms with Crippen molar-refractivity contribution in [1.82, 2.24) is 10.2 Å². The summed E-state index contributed by atoms with van der Waals surface area (Å²) >= 11 is 8.84. The summed E-state index contributed by atoms with van der Waals surface area (Å²) in [5, 5.41) is 31.0. The molecule has 2 heterocycles. The van der Waals surface area contributed by atoms with Gasteiger partial charge in [-0.2, -0.15) is 0 Å². The van der Waals surface area contributed by atoms with Crippen molar-refractivity contribution in [3.63, 3.8) is 0 Å². The van der Waals surface area contributed by atoms with Gasteiger partial charge in [-0.1, -0.05) is 94.9 Å². The molecule has 1 aliphatic rings. The molecule has 1 atom stereocenters. The van der Waals surface area contributed by atoms with Gasteiger partial charge in [0.15, 0.2) is 4.34 Å². The number of anilines is 1. The lowest BCUT2D eigenvalue weighted by molar-refractivity contribution is -0.132. The Kier molecular flexibility index (Phi) is 8.88. The van der Waals surface area contributed by atoms with Gasteiger partial charge in [0.1, 0.15) is 23.9 Å². The molecular formula is C34H26ClN3O5S2. The smallest absolute Gasteiger partial charge is 0.301 e. The van der Waals surface area contributed by atoms with Crippen molar-refractivity contribution in [3.8, 4) is 11.5 Å². The van der Waals surface area contributed by atoms with Crippen molar-refractivity contribution in [3.05, 3.63) is 135 Å². The average molecular weight is 656 g/mol. The molecule has 0 radical (unpaired) electrons. The summed E-state index contributed by atoms with van der Waals surface area (Å²) in [6, 6.07) is 27.3. The zero-order valence-electron chi connectivity index (χ0n) is 23.9. The van der Waals surface area contributed by atoms with Crippen LogP contribution in [-0.4, -0.2) is 32.1 Å². The van der Waals surface area contributed by atoms with E-state index in [1.807, 2.05) is 55.5 Å². The highest BCUT2D eigenvalue weighted by molar-refractivity contribution is 8.00. The zero-order valence-corrected chi connectivity index (χ0v) is 26.3. The van der Waals surface area contributed by atoms with Gasteiger partial charge in [-0.25, -0.2) is 0 Å². The molecule has 8 nitrogen and oxygen atoms in total. The van der Waals surface area contributed by atoms with Crippen LogP contribution in [0.5, 0.6) is 11.5 Å². The van der Waals surface area contributed by atoms with E-state index in [9.17, 15) is 19.8 Å². The third kappa shape index (κ3) is 6.58. The molecule has 0 saturated carbocycles. The van der Waals surface area contributed by atoms with Gasteiger partial charge in [0.05, 0.1) is 11.6 Å². The molecule has 2 N–H and O–H groups in total. The number of phenolic OH excluding ortho intramolecular Hbond substituents is 1. The van der Waals surface area contributed by atoms with Crippen LogP contribution < -0.4 is 9.64 Å². The second-order valence-electron chi connectivity index (χ2n) is 10.3. The lowest BCUT2D eigenvalue weighted by Gasteiger charge is -2.22. The summed E-state index contributed by atoms with van der Waals surface area (Å²) < 4.78 is 6.47. The number of Topliss-reactive ketones (excluding diaryl/α,β-unsaturated/α-hetero) is 1. The molecule has 1 unspecified atom stereocenters. The van der Waals surface area contributed by atoms with Crippen LogP contribution in [0.25, 0.3) is 5.76 Å². The number of ketones is 1. The number of rotatable bonds is 9. The third-order valence-corrected chi connectivity index (χ3v) is 9.63. The number of aliphatic hydroxyl groups is 1. The number of ether oxygens (including phenoxy) is 1. The molecule has 1 saturated heterocycles. The summed E-state index contributed by atoms with van der Waals surface area (Å²) in [5.41, 5.74) is 3.71. The van der Waals surface area contributed by atoms with E-state index < -0.39 is 17.7 Å². The number of carbonyl (C=O) groups excluding carboxylic acids is 2. The van der Waals surface area contributed by atoms with E-state index in [1.54, 1.807) is 36.4 Å². The first-order chi connectivity index (χ1) is 21.8. The fourth-order valence-corrected chi connectivity index (χ4v) is 7.14. The SMILES string of the molecule is Cc1cccc(COc2ccc(/C(O)=C3\C(=O)C(=O)N(c4nnc(SCc5ccccc5Cl)s4)C3c3cccc(O)c3)cc2)c1. The molecule has 226 valence electrons. The monoisotopic (exact) mass is 655 g/mol. The molecule has 5 aromatic rings. The first-order valence-electron chi connectivity index (χ1n) is 13.9. The minimum Gasteiger partial charge on any atom is -0.508 e. The van der Waals surface area contributed by atoms with Crippen LogP contribution in [0.3, 0.4) is 0 Å². The van der Waals surface area contributed by atoms with E-state index >= 15 is 0 Å². The number of benzene rings is 4. The number of aromatic hydroxyl groups is 1. The standard InChI is InChI=1S/C34H26ClN3O5S2/c1-20-6-4-7-21(16-20)18-43-26-14-12-22(13-15-26)30(40)28-29(23-9-5-10-25(39)17-23)38(32(42)31(28)41)33-36-37-34(45-33)44-19-24-8-2-3-11-27(24)35/h2-17,29,39-40H,18-19H2,1H3/b30-28+. The van der Waals surface area contributed by atoms with Gasteiger partial charge in [0.25, 0.3) is 5.78 Å². The van der Waals surface area contributed by atoms with Gasteiger partial charge in [-0.3, -0.25) is 14.5 Å². The first-order valence-corrected chi connectivity index (χ1v) is 16.0. The number of aryl methyl sites for hydroxylation is 1. The Morgan fingerprint density at radius 3 is 2.51 bits per heavy atom. The summed E-state index contributed by atoms with van der Waals surface area (Å²) in [7, 11) is 0. The summed E-state index contributed by atoms with van der Waals surface area (Å²) in [6.45, 7) is 2.39. The van der Waals surface area contributed by atoms with Crippen molar-refractivity contribution in [2.24, 2.45) is 0 Å². The first kappa shape index (κ1) is 30.4. The molecule has 11 heteroatoms. The Labute approximate surface area is 272 Å². The second kappa shape index (κ2) is 13.2. The topological polar surface area (TPSA) is 113 Å². The summed E-state index contributed by atoms with van der Waals surface area (Å²) in [5.74, 6) is -1.03. The molecule has 0 bridgehead atoms. The van der Waals surface area contributed by atoms with Gasteiger partial charge in [-0.05, 0) is 66.1 Å². The number of amides is 1. The number of aromatic nitrogens is 2. The maximum Gasteiger partial charge on any atom is 0.301 e. The molecule has 4 aromatic carbocycles. The number of halogens is 1. The van der Waals surface area contributed by atoms with Crippen molar-refractivity contribution >= 4 is 57.3 Å². The van der Waals surface area contributed by atoms with Crippen LogP contribution in [0, 0.1) is 6.92 Å². The average Bonchev–Trinajstić information content (AvgIpc) is 3.61. The van der Waals surface area contributed by atoms with Crippen molar-refractivity contribution < 1.29 is 24.5 Å². The molecule has 6 rings (SSSR count). The predicted molar refractivity (Wildman–Crippen MR) is 176 cm³/mol. The van der Waals surface area contributed by atoms with Crippen LogP contribution in [0.4, 0.5) is 5.13 Å². The molecule has 0 spiro atoms. The molecule has 1 amide bonds. The number of phenols is 1. The fourth-order valence-electron chi connectivity index (χ4n) is 4.99. The highest BCUT2D eigenvalue weighted by Gasteiger charge is 2.48. The van der Waals surface area contributed by atoms with E-state index in [4.69, 9.17) is 16.3 Å². The van der Waals surface area contributed by atoms with E-state index in [2.05, 4.69) is 10.2 Å². The Hall–Kier alpha value is -4.64. The number of nitrogens with zero attached hydrogens (tertiary/aromatic N) is 3. The summed E-state index contributed by atoms with van der Waals surface area (Å²) in [6.07, 6.45) is 0. The number of thioether (sulfide) groups is 1. The quantitative estimate of drug-likeness (QED) is 0.0546. The van der Waals surface area contributed by atoms with E-state index in [1.165, 1.54) is 28.8 Å². The van der Waals surface area contributed by atoms with Gasteiger partial charge >= 0.3 is 5.91 Å². The van der Waals surface area contributed by atoms with Crippen LogP contribution in [-0.2, 0) is 21.9 Å². The van der Waals surface area contributed by atoms with Crippen LogP contribution in [0.2, 0.25) is 5.02 Å². The number of aliphatic hydroxyl groups excluding tert-OH is 1. The predicted octanol–water partition coefficient (Wildman–Crippen LogP) is 7.70. The highest BCUT2D eigenvalue weighted by Crippen LogP contribution is 2.44. The van der Waals surface area contributed by atoms with Crippen LogP contribution in [0.15, 0.2) is 107 Å². The number of hydrogen-bond acceptors (Lipinski definition) is 9. The largest absolute Gasteiger partial charge is 0.508 e. The van der Waals surface area contributed by atoms with E-state index in [0.29, 0.717) is 38.6 Å². The molecule has 0 aliphatic carbocycles. The van der Waals surface area contributed by atoms with E-state index in [-0.39, 0.29) is 22.2 Å². The lowest BCUT2D eigenvalue weighted by atomic mass is 9.95. The Balaban J connectivity index is 1.30. The summed E-state index contributed by atoms with van der Waals surface area (Å²) in [4.78, 5) is 28.3. The molecule has 1 aromatic heterocycles. The van der Waals surface area contributed by atoms with Crippen LogP contribution in [0.1, 0.15) is 33.9 Å². The molecule has 1 fully saturated rings. The second-order valence-corrected chi connectivity index (χ2v) is 12.9. The van der Waals surface area contributed by atoms with Gasteiger partial charge in [-0.15, -0.1) is 10.2 Å². The number of carbonyl (C=O) groups is 2. The normalized spacial score (nSPS) is 15.9. The van der Waals surface area contributed by atoms with Gasteiger partial charge in [0, 0.05) is 16.3 Å². The number of hydrogen-bond donors (Lipinski definition) is 2. The van der Waals surface area contributed by atoms with Crippen LogP contribution >= 0.6 is 34.7 Å². The van der Waals surface area contributed by atoms with Crippen molar-refractivity contribution in [2.75, 3.05) is 4.90 Å². The minimum absolute atomic E-state index is 0.0542. The molecule has 1 aliphatic heterocycles. The third-order valence-electron chi connectivity index (χ3n) is 7.16. The van der Waals surface area contributed by atoms with Gasteiger partial charge in [0.2, 0.25) is 5.13 Å². The minimum atomic E-state index is -1.05. The Bertz CT molecular complexity index is 1930. The molecule has 45 heavy (non-hydrogen) atoms. The lowest BCUT2D eigenvalue weighted by Crippen LogP contribution is -2.29. The van der Waals surface area contributed by atoms with Crippen molar-refractivity contribution in [1.29, 1.82) is 0 Å². The Morgan fingerprint density at radius 2 is 1.76 bits per heavy atom. The maximum atomic E-state index is 13.5. The van der Waals surface area contributed by atoms with Crippen molar-refractivity contribution in [2.45, 2.75) is 29.7 Å². The van der Waals surface area contributed by atoms with Gasteiger partial charge < -0.3 is 14.9 Å². The fraction of sp³-hybridized carbons (Fsp3) is 0.118. The Morgan fingerprint density at radius 1 is 0.978 bits per heavy atom. The maximum absolute atomic E-state index is 13.5. The molecular weight excluding hydrogens is 630 g/mol. The highest BCUT2D eigenvalue weighted by atomic mass is 35.5.